The standard InChI is InChI=1S/C25H24N8O/c1-2-33-23(18-8-10-26-11-9-18)27-21-24(32-12-14-34-15-13-32)28-22(29-25(21)33)20-16-19(30-31-20)17-6-4-3-5-7-17/h3-11,16H,2,12-15H2,1H3,(H,30,31). The third-order valence-corrected chi connectivity index (χ3v) is 6.03. The van der Waals surface area contributed by atoms with Crippen LogP contribution in [0.1, 0.15) is 6.92 Å². The molecule has 1 saturated heterocycles. The predicted octanol–water partition coefficient (Wildman–Crippen LogP) is 3.80. The molecule has 0 bridgehead atoms. The first-order chi connectivity index (χ1) is 16.8. The number of nitrogens with one attached hydrogen (secondary N) is 1. The van der Waals surface area contributed by atoms with Crippen LogP contribution >= 0.6 is 0 Å². The van der Waals surface area contributed by atoms with Crippen molar-refractivity contribution in [3.05, 3.63) is 60.9 Å². The van der Waals surface area contributed by atoms with Crippen molar-refractivity contribution >= 4 is 17.0 Å². The number of rotatable bonds is 5. The fraction of sp³-hybridized carbons (Fsp3) is 0.240. The molecular formula is C25H24N8O. The molecular weight excluding hydrogens is 428 g/mol. The highest BCUT2D eigenvalue weighted by Crippen LogP contribution is 2.32. The fourth-order valence-corrected chi connectivity index (χ4v) is 4.32. The average Bonchev–Trinajstić information content (AvgIpc) is 3.55. The molecule has 5 heterocycles. The van der Waals surface area contributed by atoms with E-state index in [-0.39, 0.29) is 0 Å². The van der Waals surface area contributed by atoms with Gasteiger partial charge in [-0.2, -0.15) is 5.10 Å². The highest BCUT2D eigenvalue weighted by atomic mass is 16.5. The number of hydrogen-bond donors (Lipinski definition) is 1. The Morgan fingerprint density at radius 1 is 0.941 bits per heavy atom. The van der Waals surface area contributed by atoms with E-state index in [0.29, 0.717) is 19.0 Å². The molecule has 6 rings (SSSR count). The quantitative estimate of drug-likeness (QED) is 0.433. The molecule has 0 amide bonds. The number of hydrogen-bond acceptors (Lipinski definition) is 7. The molecule has 0 atom stereocenters. The topological polar surface area (TPSA) is 97.6 Å². The highest BCUT2D eigenvalue weighted by molar-refractivity contribution is 5.89. The van der Waals surface area contributed by atoms with Gasteiger partial charge in [0.2, 0.25) is 0 Å². The van der Waals surface area contributed by atoms with Crippen molar-refractivity contribution in [3.63, 3.8) is 0 Å². The number of anilines is 1. The van der Waals surface area contributed by atoms with Crippen molar-refractivity contribution in [3.8, 4) is 34.2 Å². The van der Waals surface area contributed by atoms with Crippen LogP contribution in [0.5, 0.6) is 0 Å². The van der Waals surface area contributed by atoms with Gasteiger partial charge in [-0.05, 0) is 25.1 Å². The summed E-state index contributed by atoms with van der Waals surface area (Å²) in [6, 6.07) is 16.0. The van der Waals surface area contributed by atoms with E-state index < -0.39 is 0 Å². The minimum absolute atomic E-state index is 0.597. The van der Waals surface area contributed by atoms with E-state index >= 15 is 0 Å². The van der Waals surface area contributed by atoms with Crippen molar-refractivity contribution in [2.45, 2.75) is 13.5 Å². The molecule has 0 aliphatic carbocycles. The van der Waals surface area contributed by atoms with Gasteiger partial charge in [0.15, 0.2) is 22.8 Å². The van der Waals surface area contributed by atoms with Crippen molar-refractivity contribution in [2.75, 3.05) is 31.2 Å². The number of ether oxygens (including phenoxy) is 1. The molecule has 9 heteroatoms. The highest BCUT2D eigenvalue weighted by Gasteiger charge is 2.24. The van der Waals surface area contributed by atoms with Crippen molar-refractivity contribution in [1.82, 2.24) is 34.7 Å². The second kappa shape index (κ2) is 8.68. The number of aromatic nitrogens is 7. The van der Waals surface area contributed by atoms with Gasteiger partial charge in [-0.1, -0.05) is 30.3 Å². The molecule has 0 unspecified atom stereocenters. The van der Waals surface area contributed by atoms with Crippen LogP contribution in [0.3, 0.4) is 0 Å². The zero-order valence-corrected chi connectivity index (χ0v) is 18.8. The van der Waals surface area contributed by atoms with E-state index in [4.69, 9.17) is 19.7 Å². The van der Waals surface area contributed by atoms with E-state index in [1.165, 1.54) is 0 Å². The van der Waals surface area contributed by atoms with Crippen LogP contribution < -0.4 is 4.90 Å². The van der Waals surface area contributed by atoms with Gasteiger partial charge in [-0.25, -0.2) is 15.0 Å². The van der Waals surface area contributed by atoms with Gasteiger partial charge in [0.05, 0.1) is 18.9 Å². The maximum atomic E-state index is 5.59. The molecule has 0 saturated carbocycles. The summed E-state index contributed by atoms with van der Waals surface area (Å²) in [6.07, 6.45) is 3.56. The summed E-state index contributed by atoms with van der Waals surface area (Å²) in [6.45, 7) is 5.67. The Morgan fingerprint density at radius 3 is 2.50 bits per heavy atom. The molecule has 5 aromatic rings. The van der Waals surface area contributed by atoms with Gasteiger partial charge in [-0.3, -0.25) is 10.1 Å². The van der Waals surface area contributed by atoms with E-state index in [1.807, 2.05) is 48.5 Å². The van der Waals surface area contributed by atoms with Gasteiger partial charge >= 0.3 is 0 Å². The predicted molar refractivity (Wildman–Crippen MR) is 130 cm³/mol. The minimum Gasteiger partial charge on any atom is -0.378 e. The largest absolute Gasteiger partial charge is 0.378 e. The Balaban J connectivity index is 1.54. The third-order valence-electron chi connectivity index (χ3n) is 6.03. The number of fused-ring (bicyclic) bond motifs is 1. The molecule has 1 aliphatic heterocycles. The second-order valence-corrected chi connectivity index (χ2v) is 8.09. The zero-order valence-electron chi connectivity index (χ0n) is 18.8. The van der Waals surface area contributed by atoms with Crippen molar-refractivity contribution in [1.29, 1.82) is 0 Å². The summed E-state index contributed by atoms with van der Waals surface area (Å²) in [5, 5.41) is 7.65. The van der Waals surface area contributed by atoms with Gasteiger partial charge in [0.25, 0.3) is 0 Å². The Bertz CT molecular complexity index is 1420. The Kier molecular flexibility index (Phi) is 5.23. The molecule has 1 aromatic carbocycles. The average molecular weight is 453 g/mol. The lowest BCUT2D eigenvalue weighted by Gasteiger charge is -2.28. The van der Waals surface area contributed by atoms with Gasteiger partial charge in [0, 0.05) is 43.2 Å². The Labute approximate surface area is 196 Å². The summed E-state index contributed by atoms with van der Waals surface area (Å²) < 4.78 is 7.72. The van der Waals surface area contributed by atoms with Gasteiger partial charge in [-0.15, -0.1) is 0 Å². The van der Waals surface area contributed by atoms with Crippen LogP contribution in [-0.2, 0) is 11.3 Å². The maximum Gasteiger partial charge on any atom is 0.181 e. The Morgan fingerprint density at radius 2 is 1.74 bits per heavy atom. The van der Waals surface area contributed by atoms with Crippen LogP contribution in [0, 0.1) is 0 Å². The number of pyridine rings is 1. The number of benzene rings is 1. The van der Waals surface area contributed by atoms with E-state index in [9.17, 15) is 0 Å². The number of morpholine rings is 1. The first-order valence-electron chi connectivity index (χ1n) is 11.4. The van der Waals surface area contributed by atoms with Crippen LogP contribution in [-0.4, -0.2) is 61.0 Å². The molecule has 170 valence electrons. The first-order valence-corrected chi connectivity index (χ1v) is 11.4. The smallest absolute Gasteiger partial charge is 0.181 e. The Hall–Kier alpha value is -4.11. The van der Waals surface area contributed by atoms with E-state index in [1.54, 1.807) is 12.4 Å². The number of aromatic amines is 1. The van der Waals surface area contributed by atoms with Crippen molar-refractivity contribution < 1.29 is 4.74 Å². The monoisotopic (exact) mass is 452 g/mol. The molecule has 1 N–H and O–H groups in total. The second-order valence-electron chi connectivity index (χ2n) is 8.09. The lowest BCUT2D eigenvalue weighted by Crippen LogP contribution is -2.37. The van der Waals surface area contributed by atoms with Crippen LogP contribution in [0.15, 0.2) is 60.9 Å². The van der Waals surface area contributed by atoms with Crippen LogP contribution in [0.4, 0.5) is 5.82 Å². The summed E-state index contributed by atoms with van der Waals surface area (Å²) in [7, 11) is 0. The SMILES string of the molecule is CCn1c(-c2ccncc2)nc2c(N3CCOCC3)nc(-c3cc(-c4ccccc4)n[nH]3)nc21. The number of aryl methyl sites for hydroxylation is 1. The lowest BCUT2D eigenvalue weighted by atomic mass is 10.1. The molecule has 0 spiro atoms. The molecule has 4 aromatic heterocycles. The lowest BCUT2D eigenvalue weighted by molar-refractivity contribution is 0.122. The first kappa shape index (κ1) is 20.5. The summed E-state index contributed by atoms with van der Waals surface area (Å²) >= 11 is 0. The summed E-state index contributed by atoms with van der Waals surface area (Å²) in [4.78, 5) is 21.4. The molecule has 1 aliphatic rings. The van der Waals surface area contributed by atoms with E-state index in [2.05, 4.69) is 31.6 Å². The van der Waals surface area contributed by atoms with Crippen molar-refractivity contribution in [2.24, 2.45) is 0 Å². The van der Waals surface area contributed by atoms with Gasteiger partial charge < -0.3 is 14.2 Å². The van der Waals surface area contributed by atoms with Crippen LogP contribution in [0.25, 0.3) is 45.3 Å². The number of nitrogens with zero attached hydrogens (tertiary/aromatic N) is 7. The maximum absolute atomic E-state index is 5.59. The minimum atomic E-state index is 0.597. The molecule has 9 nitrogen and oxygen atoms in total. The number of H-pyrrole nitrogens is 1. The summed E-state index contributed by atoms with van der Waals surface area (Å²) in [5.74, 6) is 2.27. The van der Waals surface area contributed by atoms with Crippen LogP contribution in [0.2, 0.25) is 0 Å². The molecule has 34 heavy (non-hydrogen) atoms. The van der Waals surface area contributed by atoms with E-state index in [0.717, 1.165) is 65.0 Å². The molecule has 1 fully saturated rings. The third kappa shape index (κ3) is 3.60. The number of imidazole rings is 1. The summed E-state index contributed by atoms with van der Waals surface area (Å²) in [5.41, 5.74) is 5.26. The van der Waals surface area contributed by atoms with Gasteiger partial charge in [0.1, 0.15) is 11.5 Å². The zero-order chi connectivity index (χ0) is 22.9. The fourth-order valence-electron chi connectivity index (χ4n) is 4.32. The molecule has 0 radical (unpaired) electrons. The normalized spacial score (nSPS) is 14.1.